The number of esters is 1. The molecule has 1 aromatic rings. The van der Waals surface area contributed by atoms with Crippen LogP contribution in [0.4, 0.5) is 5.69 Å². The molecule has 4 rings (SSSR count). The van der Waals surface area contributed by atoms with E-state index >= 15 is 0 Å². The lowest BCUT2D eigenvalue weighted by molar-refractivity contribution is -0.143. The number of carbonyl (C=O) groups excluding carboxylic acids is 3. The molecule has 2 amide bonds. The molecule has 2 heterocycles. The van der Waals surface area contributed by atoms with E-state index in [9.17, 15) is 22.8 Å². The molecule has 10 nitrogen and oxygen atoms in total. The van der Waals surface area contributed by atoms with E-state index in [0.29, 0.717) is 11.3 Å². The van der Waals surface area contributed by atoms with Gasteiger partial charge < -0.3 is 20.3 Å². The van der Waals surface area contributed by atoms with Crippen molar-refractivity contribution < 1.29 is 27.5 Å². The van der Waals surface area contributed by atoms with Crippen LogP contribution in [-0.4, -0.2) is 61.9 Å². The number of rotatable bonds is 6. The maximum Gasteiger partial charge on any atom is 0.340 e. The molecule has 0 aromatic heterocycles. The molecule has 1 aromatic carbocycles. The highest BCUT2D eigenvalue weighted by atomic mass is 32.2. The molecule has 0 unspecified atom stereocenters. The maximum absolute atomic E-state index is 12.6. The highest BCUT2D eigenvalue weighted by Crippen LogP contribution is 2.21. The predicted octanol–water partition coefficient (Wildman–Crippen LogP) is 1.34. The molecule has 33 heavy (non-hydrogen) atoms. The summed E-state index contributed by atoms with van der Waals surface area (Å²) in [6.45, 7) is -0.375. The van der Waals surface area contributed by atoms with E-state index in [4.69, 9.17) is 4.74 Å². The first-order chi connectivity index (χ1) is 15.8. The van der Waals surface area contributed by atoms with Crippen LogP contribution in [0.3, 0.4) is 0 Å². The summed E-state index contributed by atoms with van der Waals surface area (Å²) in [6.07, 6.45) is 8.31. The molecule has 11 heteroatoms. The zero-order valence-electron chi connectivity index (χ0n) is 17.8. The first-order valence-electron chi connectivity index (χ1n) is 10.7. The Morgan fingerprint density at radius 3 is 2.67 bits per heavy atom. The number of amidine groups is 1. The molecule has 3 aliphatic rings. The Kier molecular flexibility index (Phi) is 6.59. The van der Waals surface area contributed by atoms with Crippen LogP contribution >= 0.6 is 0 Å². The third-order valence-corrected chi connectivity index (χ3v) is 6.69. The number of nitrogens with one attached hydrogen (secondary N) is 2. The molecule has 2 N–H and O–H groups in total. The second-order valence-electron chi connectivity index (χ2n) is 7.97. The minimum Gasteiger partial charge on any atom is -0.452 e. The Hall–Kier alpha value is -3.47. The van der Waals surface area contributed by atoms with Crippen LogP contribution < -0.4 is 10.6 Å². The van der Waals surface area contributed by atoms with Gasteiger partial charge in [-0.3, -0.25) is 9.59 Å². The second kappa shape index (κ2) is 9.57. The zero-order valence-corrected chi connectivity index (χ0v) is 18.6. The quantitative estimate of drug-likeness (QED) is 0.597. The number of ether oxygens (including phenoxy) is 1. The number of fused-ring (bicyclic) bond motifs is 1. The summed E-state index contributed by atoms with van der Waals surface area (Å²) in [7, 11) is -3.49. The van der Waals surface area contributed by atoms with Gasteiger partial charge in [-0.05, 0) is 37.1 Å². The minimum atomic E-state index is -3.49. The van der Waals surface area contributed by atoms with Crippen LogP contribution in [0, 0.1) is 0 Å². The average Bonchev–Trinajstić information content (AvgIpc) is 3.30. The van der Waals surface area contributed by atoms with Crippen molar-refractivity contribution in [2.24, 2.45) is 4.40 Å². The van der Waals surface area contributed by atoms with Crippen molar-refractivity contribution in [1.29, 1.82) is 0 Å². The van der Waals surface area contributed by atoms with Gasteiger partial charge in [0.25, 0.3) is 21.8 Å². The third kappa shape index (κ3) is 5.67. The lowest BCUT2D eigenvalue weighted by Gasteiger charge is -2.26. The fourth-order valence-corrected chi connectivity index (χ4v) is 4.82. The lowest BCUT2D eigenvalue weighted by atomic mass is 10.1. The molecule has 0 bridgehead atoms. The van der Waals surface area contributed by atoms with Crippen LogP contribution in [-0.2, 0) is 24.3 Å². The van der Waals surface area contributed by atoms with Crippen molar-refractivity contribution in [2.75, 3.05) is 24.2 Å². The van der Waals surface area contributed by atoms with E-state index in [2.05, 4.69) is 15.0 Å². The van der Waals surface area contributed by atoms with Crippen molar-refractivity contribution in [1.82, 2.24) is 10.2 Å². The summed E-state index contributed by atoms with van der Waals surface area (Å²) in [5, 5.41) is 5.61. The van der Waals surface area contributed by atoms with Gasteiger partial charge in [-0.2, -0.15) is 0 Å². The highest BCUT2D eigenvalue weighted by Gasteiger charge is 2.26. The summed E-state index contributed by atoms with van der Waals surface area (Å²) in [5.41, 5.74) is 0.840. The lowest BCUT2D eigenvalue weighted by Crippen LogP contribution is -2.37. The number of anilines is 1. The van der Waals surface area contributed by atoms with Gasteiger partial charge in [0.2, 0.25) is 0 Å². The number of nitrogens with zero attached hydrogens (tertiary/aromatic N) is 2. The number of carbonyl (C=O) groups is 3. The van der Waals surface area contributed by atoms with Gasteiger partial charge in [0.05, 0.1) is 22.6 Å². The fraction of sp³-hybridized carbons (Fsp3) is 0.364. The van der Waals surface area contributed by atoms with Crippen LogP contribution in [0.2, 0.25) is 0 Å². The Balaban J connectivity index is 1.33. The van der Waals surface area contributed by atoms with Crippen molar-refractivity contribution in [2.45, 2.75) is 31.7 Å². The highest BCUT2D eigenvalue weighted by molar-refractivity contribution is 7.90. The Morgan fingerprint density at radius 1 is 1.12 bits per heavy atom. The number of amides is 2. The second-order valence-corrected chi connectivity index (χ2v) is 9.73. The largest absolute Gasteiger partial charge is 0.452 e. The number of hydrogen-bond acceptors (Lipinski definition) is 7. The van der Waals surface area contributed by atoms with E-state index in [1.54, 1.807) is 24.3 Å². The van der Waals surface area contributed by atoms with Crippen LogP contribution in [0.15, 0.2) is 52.6 Å². The number of para-hydroxylation sites is 1. The fourth-order valence-electron chi connectivity index (χ4n) is 3.85. The normalized spacial score (nSPS) is 19.2. The van der Waals surface area contributed by atoms with Gasteiger partial charge >= 0.3 is 5.97 Å². The molecule has 0 atom stereocenters. The van der Waals surface area contributed by atoms with Gasteiger partial charge in [0, 0.05) is 18.8 Å². The van der Waals surface area contributed by atoms with E-state index in [1.165, 1.54) is 23.3 Å². The molecule has 0 spiro atoms. The zero-order chi connectivity index (χ0) is 23.4. The maximum atomic E-state index is 12.6. The van der Waals surface area contributed by atoms with Crippen molar-refractivity contribution in [3.63, 3.8) is 0 Å². The molecule has 1 saturated carbocycles. The topological polar surface area (TPSA) is 134 Å². The van der Waals surface area contributed by atoms with Gasteiger partial charge in [-0.1, -0.05) is 25.0 Å². The molecule has 1 fully saturated rings. The van der Waals surface area contributed by atoms with E-state index in [1.807, 2.05) is 0 Å². The summed E-state index contributed by atoms with van der Waals surface area (Å²) in [6, 6.07) is 6.79. The molecular weight excluding hydrogens is 448 g/mol. The molecule has 2 aliphatic heterocycles. The summed E-state index contributed by atoms with van der Waals surface area (Å²) in [5.74, 6) is -1.51. The van der Waals surface area contributed by atoms with Gasteiger partial charge in [-0.15, -0.1) is 4.40 Å². The van der Waals surface area contributed by atoms with E-state index in [0.717, 1.165) is 25.7 Å². The van der Waals surface area contributed by atoms with Gasteiger partial charge in [0.15, 0.2) is 6.61 Å². The van der Waals surface area contributed by atoms with Gasteiger partial charge in [-0.25, -0.2) is 13.2 Å². The van der Waals surface area contributed by atoms with Crippen molar-refractivity contribution in [3.05, 3.63) is 53.8 Å². The summed E-state index contributed by atoms with van der Waals surface area (Å²) >= 11 is 0. The smallest absolute Gasteiger partial charge is 0.340 e. The SMILES string of the molecule is O=C(COC(=O)C1=CN2CCS(=O)(=O)N=C2C=C1)Nc1ccccc1C(=O)NC1CCCC1. The monoisotopic (exact) mass is 472 g/mol. The third-order valence-electron chi connectivity index (χ3n) is 5.53. The standard InChI is InChI=1S/C22H24N4O6S/c27-20(24-18-8-4-3-7-17(18)21(28)23-16-5-1-2-6-16)14-32-22(29)15-9-10-19-25-33(30,31)12-11-26(19)13-15/h3-4,7-10,13,16H,1-2,5-6,11-12,14H2,(H,23,28)(H,24,27). The average molecular weight is 473 g/mol. The van der Waals surface area contributed by atoms with Crippen LogP contribution in [0.25, 0.3) is 0 Å². The molecule has 174 valence electrons. The number of sulfonamides is 1. The minimum absolute atomic E-state index is 0.143. The first kappa shape index (κ1) is 22.7. The van der Waals surface area contributed by atoms with Crippen LogP contribution in [0.5, 0.6) is 0 Å². The number of hydrogen-bond donors (Lipinski definition) is 2. The number of benzene rings is 1. The molecular formula is C22H24N4O6S. The molecule has 0 radical (unpaired) electrons. The summed E-state index contributed by atoms with van der Waals surface area (Å²) in [4.78, 5) is 38.9. The Morgan fingerprint density at radius 2 is 1.88 bits per heavy atom. The van der Waals surface area contributed by atoms with Crippen molar-refractivity contribution in [3.8, 4) is 0 Å². The van der Waals surface area contributed by atoms with E-state index < -0.39 is 28.5 Å². The van der Waals surface area contributed by atoms with E-state index in [-0.39, 0.29) is 35.7 Å². The summed E-state index contributed by atoms with van der Waals surface area (Å²) < 4.78 is 31.9. The Bertz CT molecular complexity index is 1170. The molecule has 0 saturated heterocycles. The van der Waals surface area contributed by atoms with Gasteiger partial charge in [0.1, 0.15) is 5.84 Å². The predicted molar refractivity (Wildman–Crippen MR) is 121 cm³/mol. The molecule has 1 aliphatic carbocycles. The Labute approximate surface area is 191 Å². The first-order valence-corrected chi connectivity index (χ1v) is 12.3. The van der Waals surface area contributed by atoms with Crippen LogP contribution in [0.1, 0.15) is 36.0 Å². The van der Waals surface area contributed by atoms with Crippen molar-refractivity contribution >= 4 is 39.3 Å².